The summed E-state index contributed by atoms with van der Waals surface area (Å²) in [6, 6.07) is 10.2. The SMILES string of the molecule is CC1(C)CNC(=O)C1Cc1ccccc1. The van der Waals surface area contributed by atoms with E-state index in [4.69, 9.17) is 0 Å². The maximum Gasteiger partial charge on any atom is 0.224 e. The van der Waals surface area contributed by atoms with Gasteiger partial charge in [0, 0.05) is 12.5 Å². The van der Waals surface area contributed by atoms with Gasteiger partial charge in [-0.1, -0.05) is 44.2 Å². The summed E-state index contributed by atoms with van der Waals surface area (Å²) in [6.07, 6.45) is 0.847. The van der Waals surface area contributed by atoms with Gasteiger partial charge in [0.25, 0.3) is 0 Å². The summed E-state index contributed by atoms with van der Waals surface area (Å²) in [6.45, 7) is 5.10. The second-order valence-corrected chi connectivity index (χ2v) is 4.95. The van der Waals surface area contributed by atoms with Crippen molar-refractivity contribution in [1.82, 2.24) is 5.32 Å². The predicted octanol–water partition coefficient (Wildman–Crippen LogP) is 2.00. The molecule has 0 aliphatic carbocycles. The molecule has 1 unspecified atom stereocenters. The Morgan fingerprint density at radius 3 is 2.53 bits per heavy atom. The van der Waals surface area contributed by atoms with Crippen molar-refractivity contribution in [2.75, 3.05) is 6.54 Å². The second kappa shape index (κ2) is 3.69. The summed E-state index contributed by atoms with van der Waals surface area (Å²) in [5.41, 5.74) is 1.32. The van der Waals surface area contributed by atoms with Crippen LogP contribution in [0, 0.1) is 11.3 Å². The molecule has 1 aliphatic rings. The minimum Gasteiger partial charge on any atom is -0.355 e. The van der Waals surface area contributed by atoms with E-state index in [1.165, 1.54) is 5.56 Å². The van der Waals surface area contributed by atoms with E-state index < -0.39 is 0 Å². The summed E-state index contributed by atoms with van der Waals surface area (Å²) >= 11 is 0. The number of rotatable bonds is 2. The lowest BCUT2D eigenvalue weighted by Gasteiger charge is -2.23. The molecule has 0 spiro atoms. The Morgan fingerprint density at radius 2 is 2.00 bits per heavy atom. The van der Waals surface area contributed by atoms with Crippen LogP contribution in [0.5, 0.6) is 0 Å². The average Bonchev–Trinajstić information content (AvgIpc) is 2.47. The van der Waals surface area contributed by atoms with Crippen molar-refractivity contribution in [3.63, 3.8) is 0 Å². The third-order valence-electron chi connectivity index (χ3n) is 3.26. The maximum absolute atomic E-state index is 11.7. The smallest absolute Gasteiger partial charge is 0.224 e. The minimum absolute atomic E-state index is 0.0763. The molecule has 2 nitrogen and oxygen atoms in total. The summed E-state index contributed by atoms with van der Waals surface area (Å²) < 4.78 is 0. The highest BCUT2D eigenvalue weighted by molar-refractivity contribution is 5.82. The highest BCUT2D eigenvalue weighted by Crippen LogP contribution is 2.33. The van der Waals surface area contributed by atoms with Crippen molar-refractivity contribution < 1.29 is 4.79 Å². The normalized spacial score (nSPS) is 23.9. The van der Waals surface area contributed by atoms with E-state index in [0.717, 1.165) is 13.0 Å². The van der Waals surface area contributed by atoms with Crippen LogP contribution in [0.2, 0.25) is 0 Å². The van der Waals surface area contributed by atoms with Gasteiger partial charge < -0.3 is 5.32 Å². The van der Waals surface area contributed by atoms with Gasteiger partial charge in [0.15, 0.2) is 0 Å². The standard InChI is InChI=1S/C13H17NO/c1-13(2)9-14-12(15)11(13)8-10-6-4-3-5-7-10/h3-7,11H,8-9H2,1-2H3,(H,14,15). The molecular formula is C13H17NO. The first-order chi connectivity index (χ1) is 7.09. The van der Waals surface area contributed by atoms with Crippen molar-refractivity contribution in [2.24, 2.45) is 11.3 Å². The first-order valence-corrected chi connectivity index (χ1v) is 5.41. The van der Waals surface area contributed by atoms with E-state index in [9.17, 15) is 4.79 Å². The molecule has 2 rings (SSSR count). The molecule has 1 heterocycles. The largest absolute Gasteiger partial charge is 0.355 e. The zero-order valence-corrected chi connectivity index (χ0v) is 9.29. The molecule has 1 N–H and O–H groups in total. The van der Waals surface area contributed by atoms with Gasteiger partial charge in [0.2, 0.25) is 5.91 Å². The van der Waals surface area contributed by atoms with Crippen LogP contribution < -0.4 is 5.32 Å². The molecule has 0 radical (unpaired) electrons. The quantitative estimate of drug-likeness (QED) is 0.782. The Morgan fingerprint density at radius 1 is 1.33 bits per heavy atom. The van der Waals surface area contributed by atoms with Crippen molar-refractivity contribution in [1.29, 1.82) is 0 Å². The van der Waals surface area contributed by atoms with E-state index in [2.05, 4.69) is 31.3 Å². The monoisotopic (exact) mass is 203 g/mol. The van der Waals surface area contributed by atoms with Crippen LogP contribution in [-0.2, 0) is 11.2 Å². The van der Waals surface area contributed by atoms with Gasteiger partial charge in [0.05, 0.1) is 0 Å². The van der Waals surface area contributed by atoms with Gasteiger partial charge in [-0.2, -0.15) is 0 Å². The van der Waals surface area contributed by atoms with Gasteiger partial charge in [0.1, 0.15) is 0 Å². The van der Waals surface area contributed by atoms with Crippen molar-refractivity contribution >= 4 is 5.91 Å². The molecule has 1 atom stereocenters. The Kier molecular flexibility index (Phi) is 2.51. The molecule has 0 bridgehead atoms. The molecule has 1 aromatic rings. The lowest BCUT2D eigenvalue weighted by atomic mass is 9.78. The maximum atomic E-state index is 11.7. The fraction of sp³-hybridized carbons (Fsp3) is 0.462. The van der Waals surface area contributed by atoms with Crippen LogP contribution >= 0.6 is 0 Å². The van der Waals surface area contributed by atoms with E-state index in [1.807, 2.05) is 18.2 Å². The zero-order valence-electron chi connectivity index (χ0n) is 9.29. The zero-order chi connectivity index (χ0) is 10.9. The van der Waals surface area contributed by atoms with Crippen LogP contribution in [0.15, 0.2) is 30.3 Å². The van der Waals surface area contributed by atoms with Crippen molar-refractivity contribution in [2.45, 2.75) is 20.3 Å². The lowest BCUT2D eigenvalue weighted by molar-refractivity contribution is -0.123. The van der Waals surface area contributed by atoms with Gasteiger partial charge in [-0.25, -0.2) is 0 Å². The van der Waals surface area contributed by atoms with Gasteiger partial charge in [-0.3, -0.25) is 4.79 Å². The molecule has 1 fully saturated rings. The number of hydrogen-bond acceptors (Lipinski definition) is 1. The molecule has 2 heteroatoms. The first kappa shape index (κ1) is 10.2. The molecule has 0 aromatic heterocycles. The second-order valence-electron chi connectivity index (χ2n) is 4.95. The van der Waals surface area contributed by atoms with E-state index >= 15 is 0 Å². The van der Waals surface area contributed by atoms with Crippen molar-refractivity contribution in [3.8, 4) is 0 Å². The molecule has 80 valence electrons. The van der Waals surface area contributed by atoms with Gasteiger partial charge >= 0.3 is 0 Å². The van der Waals surface area contributed by atoms with Gasteiger partial charge in [-0.05, 0) is 17.4 Å². The summed E-state index contributed by atoms with van der Waals surface area (Å²) in [7, 11) is 0. The third kappa shape index (κ3) is 2.04. The van der Waals surface area contributed by atoms with Crippen LogP contribution in [0.1, 0.15) is 19.4 Å². The number of carbonyl (C=O) groups excluding carboxylic acids is 1. The van der Waals surface area contributed by atoms with Crippen LogP contribution in [-0.4, -0.2) is 12.5 Å². The van der Waals surface area contributed by atoms with Crippen LogP contribution in [0.3, 0.4) is 0 Å². The highest BCUT2D eigenvalue weighted by Gasteiger charge is 2.40. The molecule has 1 amide bonds. The topological polar surface area (TPSA) is 29.1 Å². The molecule has 1 aliphatic heterocycles. The van der Waals surface area contributed by atoms with Crippen molar-refractivity contribution in [3.05, 3.63) is 35.9 Å². The fourth-order valence-corrected chi connectivity index (χ4v) is 2.13. The van der Waals surface area contributed by atoms with E-state index in [1.54, 1.807) is 0 Å². The van der Waals surface area contributed by atoms with E-state index in [0.29, 0.717) is 0 Å². The fourth-order valence-electron chi connectivity index (χ4n) is 2.13. The number of nitrogens with one attached hydrogen (secondary N) is 1. The van der Waals surface area contributed by atoms with Crippen LogP contribution in [0.25, 0.3) is 0 Å². The number of amides is 1. The number of carbonyl (C=O) groups is 1. The lowest BCUT2D eigenvalue weighted by Crippen LogP contribution is -2.26. The summed E-state index contributed by atoms with van der Waals surface area (Å²) in [5.74, 6) is 0.309. The molecule has 0 saturated carbocycles. The number of hydrogen-bond donors (Lipinski definition) is 1. The molecule has 1 aromatic carbocycles. The first-order valence-electron chi connectivity index (χ1n) is 5.41. The predicted molar refractivity (Wildman–Crippen MR) is 60.4 cm³/mol. The molecular weight excluding hydrogens is 186 g/mol. The Balaban J connectivity index is 2.15. The van der Waals surface area contributed by atoms with Crippen LogP contribution in [0.4, 0.5) is 0 Å². The Hall–Kier alpha value is -1.31. The average molecular weight is 203 g/mol. The summed E-state index contributed by atoms with van der Waals surface area (Å²) in [4.78, 5) is 11.7. The van der Waals surface area contributed by atoms with E-state index in [-0.39, 0.29) is 17.2 Å². The molecule has 1 saturated heterocycles. The minimum atomic E-state index is 0.0763. The number of benzene rings is 1. The Bertz CT molecular complexity index is 356. The molecule has 15 heavy (non-hydrogen) atoms. The van der Waals surface area contributed by atoms with Gasteiger partial charge in [-0.15, -0.1) is 0 Å². The third-order valence-corrected chi connectivity index (χ3v) is 3.26. The highest BCUT2D eigenvalue weighted by atomic mass is 16.2. The summed E-state index contributed by atoms with van der Waals surface area (Å²) in [5, 5.41) is 2.94. The Labute approximate surface area is 90.7 Å².